The van der Waals surface area contributed by atoms with Crippen LogP contribution in [-0.2, 0) is 10.2 Å². The first-order valence-corrected chi connectivity index (χ1v) is 11.4. The minimum absolute atomic E-state index is 0.0899. The minimum Gasteiger partial charge on any atom is -0.497 e. The van der Waals surface area contributed by atoms with Gasteiger partial charge >= 0.3 is 0 Å². The number of carbonyl (C=O) groups is 1. The average Bonchev–Trinajstić information content (AvgIpc) is 3.16. The van der Waals surface area contributed by atoms with Gasteiger partial charge in [-0.25, -0.2) is 0 Å². The number of thioether (sulfide) groups is 1. The van der Waals surface area contributed by atoms with E-state index in [2.05, 4.69) is 15.5 Å². The molecule has 0 radical (unpaired) electrons. The highest BCUT2D eigenvalue weighted by Crippen LogP contribution is 2.60. The van der Waals surface area contributed by atoms with E-state index in [0.29, 0.717) is 16.7 Å². The molecule has 4 bridgehead atoms. The smallest absolute Gasteiger partial charge is 0.277 e. The Morgan fingerprint density at radius 3 is 2.55 bits per heavy atom. The number of aromatic nitrogens is 2. The van der Waals surface area contributed by atoms with Crippen LogP contribution in [0.25, 0.3) is 0 Å². The van der Waals surface area contributed by atoms with Gasteiger partial charge in [0, 0.05) is 17.2 Å². The number of rotatable bonds is 6. The fraction of sp³-hybridized carbons (Fsp3) is 0.591. The van der Waals surface area contributed by atoms with Crippen LogP contribution in [0.2, 0.25) is 0 Å². The summed E-state index contributed by atoms with van der Waals surface area (Å²) in [6, 6.07) is 7.34. The summed E-state index contributed by atoms with van der Waals surface area (Å²) in [5.74, 6) is 3.91. The fourth-order valence-corrected chi connectivity index (χ4v) is 6.68. The van der Waals surface area contributed by atoms with Crippen LogP contribution in [-0.4, -0.2) is 28.5 Å². The predicted octanol–water partition coefficient (Wildman–Crippen LogP) is 4.67. The lowest BCUT2D eigenvalue weighted by Gasteiger charge is -2.55. The van der Waals surface area contributed by atoms with Gasteiger partial charge in [-0.1, -0.05) is 17.8 Å². The molecule has 4 aliphatic carbocycles. The molecule has 6 rings (SSSR count). The van der Waals surface area contributed by atoms with Crippen molar-refractivity contribution in [3.63, 3.8) is 0 Å². The lowest BCUT2D eigenvalue weighted by molar-refractivity contribution is -0.115. The molecular weight excluding hydrogens is 386 g/mol. The molecule has 1 atom stereocenters. The lowest BCUT2D eigenvalue weighted by Crippen LogP contribution is -2.48. The first kappa shape index (κ1) is 19.0. The molecule has 7 heteroatoms. The van der Waals surface area contributed by atoms with E-state index in [9.17, 15) is 4.79 Å². The molecule has 154 valence electrons. The summed E-state index contributed by atoms with van der Waals surface area (Å²) in [5.41, 5.74) is 0.800. The largest absolute Gasteiger partial charge is 0.497 e. The van der Waals surface area contributed by atoms with Crippen molar-refractivity contribution in [1.29, 1.82) is 0 Å². The third-order valence-corrected chi connectivity index (χ3v) is 7.82. The monoisotopic (exact) mass is 413 g/mol. The van der Waals surface area contributed by atoms with Crippen LogP contribution in [0, 0.1) is 17.8 Å². The number of hydrogen-bond donors (Lipinski definition) is 1. The number of anilines is 1. The van der Waals surface area contributed by atoms with Crippen LogP contribution in [0.1, 0.15) is 51.3 Å². The van der Waals surface area contributed by atoms with Gasteiger partial charge < -0.3 is 14.5 Å². The zero-order chi connectivity index (χ0) is 20.0. The second-order valence-corrected chi connectivity index (χ2v) is 10.3. The maximum Gasteiger partial charge on any atom is 0.277 e. The Morgan fingerprint density at radius 2 is 1.90 bits per heavy atom. The minimum atomic E-state index is -0.342. The highest BCUT2D eigenvalue weighted by Gasteiger charge is 2.54. The van der Waals surface area contributed by atoms with Crippen molar-refractivity contribution in [2.75, 3.05) is 12.4 Å². The summed E-state index contributed by atoms with van der Waals surface area (Å²) in [6.07, 6.45) is 7.73. The molecule has 1 N–H and O–H groups in total. The van der Waals surface area contributed by atoms with E-state index < -0.39 is 0 Å². The van der Waals surface area contributed by atoms with Gasteiger partial charge in [0.2, 0.25) is 11.8 Å². The summed E-state index contributed by atoms with van der Waals surface area (Å²) >= 11 is 1.32. The molecule has 0 saturated heterocycles. The standard InChI is InChI=1S/C22H27N3O3S/c1-13(19(26)23-17-4-3-5-18(9-17)27-2)29-21-25-24-20(28-21)22-10-14-6-15(11-22)8-16(7-14)12-22/h3-5,9,13-16H,6-8,10-12H2,1-2H3,(H,23,26)/t13-,14?,15?,16?,22?/m0/s1. The Morgan fingerprint density at radius 1 is 1.21 bits per heavy atom. The number of benzene rings is 1. The Bertz CT molecular complexity index is 877. The Labute approximate surface area is 175 Å². The van der Waals surface area contributed by atoms with Gasteiger partial charge in [-0.05, 0) is 75.3 Å². The average molecular weight is 414 g/mol. The molecule has 4 aliphatic rings. The number of amides is 1. The zero-order valence-corrected chi connectivity index (χ0v) is 17.7. The van der Waals surface area contributed by atoms with Crippen molar-refractivity contribution in [3.05, 3.63) is 30.2 Å². The van der Waals surface area contributed by atoms with Crippen LogP contribution in [0.15, 0.2) is 33.9 Å². The number of carbonyl (C=O) groups excluding carboxylic acids is 1. The zero-order valence-electron chi connectivity index (χ0n) is 16.9. The number of nitrogens with one attached hydrogen (secondary N) is 1. The van der Waals surface area contributed by atoms with Crippen LogP contribution < -0.4 is 10.1 Å². The third-order valence-electron chi connectivity index (χ3n) is 6.88. The quantitative estimate of drug-likeness (QED) is 0.694. The van der Waals surface area contributed by atoms with Crippen LogP contribution in [0.4, 0.5) is 5.69 Å². The van der Waals surface area contributed by atoms with Crippen molar-refractivity contribution in [2.45, 2.75) is 61.3 Å². The van der Waals surface area contributed by atoms with Gasteiger partial charge in [0.25, 0.3) is 5.22 Å². The lowest BCUT2D eigenvalue weighted by atomic mass is 9.49. The summed E-state index contributed by atoms with van der Waals surface area (Å²) in [4.78, 5) is 12.6. The Kier molecular flexibility index (Phi) is 4.81. The van der Waals surface area contributed by atoms with Gasteiger partial charge in [-0.15, -0.1) is 10.2 Å². The maximum absolute atomic E-state index is 12.6. The topological polar surface area (TPSA) is 77.2 Å². The van der Waals surface area contributed by atoms with Crippen molar-refractivity contribution < 1.29 is 13.9 Å². The molecule has 0 spiro atoms. The molecule has 29 heavy (non-hydrogen) atoms. The molecule has 1 aromatic heterocycles. The summed E-state index contributed by atoms with van der Waals surface area (Å²) in [7, 11) is 1.61. The molecule has 2 aromatic rings. The highest BCUT2D eigenvalue weighted by atomic mass is 32.2. The molecule has 0 aliphatic heterocycles. The molecular formula is C22H27N3O3S. The fourth-order valence-electron chi connectivity index (χ4n) is 5.99. The SMILES string of the molecule is COc1cccc(NC(=O)[C@H](C)Sc2nnc(C34CC5CC(CC(C5)C3)C4)o2)c1. The third kappa shape index (κ3) is 3.65. The molecule has 1 aromatic carbocycles. The normalized spacial score (nSPS) is 30.9. The number of methoxy groups -OCH3 is 1. The summed E-state index contributed by atoms with van der Waals surface area (Å²) < 4.78 is 11.3. The van der Waals surface area contributed by atoms with Gasteiger partial charge in [0.15, 0.2) is 0 Å². The van der Waals surface area contributed by atoms with Crippen LogP contribution >= 0.6 is 11.8 Å². The second kappa shape index (κ2) is 7.35. The van der Waals surface area contributed by atoms with Gasteiger partial charge in [-0.2, -0.15) is 0 Å². The predicted molar refractivity (Wildman–Crippen MR) is 111 cm³/mol. The first-order chi connectivity index (χ1) is 14.0. The number of ether oxygens (including phenoxy) is 1. The molecule has 1 heterocycles. The van der Waals surface area contributed by atoms with E-state index in [1.807, 2.05) is 25.1 Å². The number of hydrogen-bond acceptors (Lipinski definition) is 6. The first-order valence-electron chi connectivity index (χ1n) is 10.5. The second-order valence-electron chi connectivity index (χ2n) is 9.05. The van der Waals surface area contributed by atoms with Gasteiger partial charge in [0.1, 0.15) is 5.75 Å². The highest BCUT2D eigenvalue weighted by molar-refractivity contribution is 8.00. The van der Waals surface area contributed by atoms with E-state index in [-0.39, 0.29) is 16.6 Å². The van der Waals surface area contributed by atoms with Crippen LogP contribution in [0.5, 0.6) is 5.75 Å². The van der Waals surface area contributed by atoms with E-state index in [1.54, 1.807) is 13.2 Å². The molecule has 4 fully saturated rings. The Balaban J connectivity index is 1.25. The van der Waals surface area contributed by atoms with Gasteiger partial charge in [0.05, 0.1) is 12.4 Å². The van der Waals surface area contributed by atoms with Crippen LogP contribution in [0.3, 0.4) is 0 Å². The number of nitrogens with zero attached hydrogens (tertiary/aromatic N) is 2. The maximum atomic E-state index is 12.6. The van der Waals surface area contributed by atoms with Gasteiger partial charge in [-0.3, -0.25) is 4.79 Å². The van der Waals surface area contributed by atoms with E-state index >= 15 is 0 Å². The van der Waals surface area contributed by atoms with Crippen molar-refractivity contribution in [2.24, 2.45) is 17.8 Å². The van der Waals surface area contributed by atoms with E-state index in [1.165, 1.54) is 50.3 Å². The Hall–Kier alpha value is -2.02. The van der Waals surface area contributed by atoms with E-state index in [4.69, 9.17) is 9.15 Å². The molecule has 0 unspecified atom stereocenters. The van der Waals surface area contributed by atoms with E-state index in [0.717, 1.165) is 23.6 Å². The summed E-state index contributed by atoms with van der Waals surface area (Å²) in [6.45, 7) is 1.86. The summed E-state index contributed by atoms with van der Waals surface area (Å²) in [5, 5.41) is 11.8. The van der Waals surface area contributed by atoms with Crippen molar-refractivity contribution >= 4 is 23.4 Å². The molecule has 1 amide bonds. The molecule has 4 saturated carbocycles. The van der Waals surface area contributed by atoms with Crippen molar-refractivity contribution in [1.82, 2.24) is 10.2 Å². The van der Waals surface area contributed by atoms with Crippen molar-refractivity contribution in [3.8, 4) is 5.75 Å². The molecule has 6 nitrogen and oxygen atoms in total.